The van der Waals surface area contributed by atoms with Crippen LogP contribution in [0.5, 0.6) is 0 Å². The van der Waals surface area contributed by atoms with Crippen LogP contribution in [0.2, 0.25) is 0 Å². The Kier molecular flexibility index (Phi) is 2.60. The number of hydrogen-bond donors (Lipinski definition) is 2. The summed E-state index contributed by atoms with van der Waals surface area (Å²) in [6.45, 7) is 1.95. The van der Waals surface area contributed by atoms with Crippen molar-refractivity contribution in [3.05, 3.63) is 17.6 Å². The van der Waals surface area contributed by atoms with E-state index in [1.165, 1.54) is 0 Å². The molecule has 0 amide bonds. The van der Waals surface area contributed by atoms with Gasteiger partial charge in [-0.25, -0.2) is 9.97 Å². The van der Waals surface area contributed by atoms with Gasteiger partial charge in [-0.05, 0) is 18.4 Å². The molecule has 0 aliphatic carbocycles. The molecule has 2 aromatic rings. The van der Waals surface area contributed by atoms with E-state index in [1.807, 2.05) is 18.4 Å². The van der Waals surface area contributed by atoms with Crippen LogP contribution in [0.3, 0.4) is 0 Å². The molecular formula is C9H11N3OS. The Hall–Kier alpha value is -1.20. The fraction of sp³-hybridized carbons (Fsp3) is 0.333. The number of fused-ring (bicyclic) bond motifs is 1. The third kappa shape index (κ3) is 1.83. The lowest BCUT2D eigenvalue weighted by Crippen LogP contribution is -2.20. The highest BCUT2D eigenvalue weighted by molar-refractivity contribution is 7.17. The number of thiophene rings is 1. The molecule has 0 saturated heterocycles. The second kappa shape index (κ2) is 3.89. The van der Waals surface area contributed by atoms with E-state index < -0.39 is 0 Å². The fourth-order valence-electron chi connectivity index (χ4n) is 1.10. The summed E-state index contributed by atoms with van der Waals surface area (Å²) in [5, 5.41) is 13.8. The Balaban J connectivity index is 2.25. The van der Waals surface area contributed by atoms with Gasteiger partial charge in [-0.15, -0.1) is 11.3 Å². The molecule has 0 fully saturated rings. The fourth-order valence-corrected chi connectivity index (χ4v) is 1.79. The van der Waals surface area contributed by atoms with E-state index in [4.69, 9.17) is 5.11 Å². The first-order valence-corrected chi connectivity index (χ1v) is 5.25. The number of nitrogens with zero attached hydrogens (tertiary/aromatic N) is 2. The van der Waals surface area contributed by atoms with Crippen molar-refractivity contribution < 1.29 is 5.11 Å². The Labute approximate surface area is 85.6 Å². The Morgan fingerprint density at radius 3 is 3.29 bits per heavy atom. The van der Waals surface area contributed by atoms with E-state index in [-0.39, 0.29) is 12.6 Å². The topological polar surface area (TPSA) is 58.0 Å². The minimum Gasteiger partial charge on any atom is -0.394 e. The molecule has 0 unspecified atom stereocenters. The Morgan fingerprint density at radius 2 is 2.50 bits per heavy atom. The second-order valence-corrected chi connectivity index (χ2v) is 4.04. The molecule has 5 heteroatoms. The summed E-state index contributed by atoms with van der Waals surface area (Å²) >= 11 is 1.62. The molecule has 0 aliphatic rings. The van der Waals surface area contributed by atoms with Gasteiger partial charge in [0.25, 0.3) is 0 Å². The summed E-state index contributed by atoms with van der Waals surface area (Å²) in [4.78, 5) is 8.44. The van der Waals surface area contributed by atoms with Crippen LogP contribution < -0.4 is 5.32 Å². The van der Waals surface area contributed by atoms with E-state index in [1.54, 1.807) is 17.5 Å². The standard InChI is InChI=1S/C9H11N3OS/c1-6(5-13)11-9-10-4-8-7(12-9)2-3-14-8/h2-4,6,13H,5H2,1H3,(H,10,11,12)/t6-/m0/s1. The molecule has 14 heavy (non-hydrogen) atoms. The van der Waals surface area contributed by atoms with Gasteiger partial charge in [0.05, 0.1) is 23.0 Å². The summed E-state index contributed by atoms with van der Waals surface area (Å²) in [6.07, 6.45) is 1.79. The van der Waals surface area contributed by atoms with Crippen LogP contribution in [0.4, 0.5) is 5.95 Å². The highest BCUT2D eigenvalue weighted by Crippen LogP contribution is 2.18. The van der Waals surface area contributed by atoms with Gasteiger partial charge in [0.2, 0.25) is 5.95 Å². The summed E-state index contributed by atoms with van der Waals surface area (Å²) in [7, 11) is 0. The van der Waals surface area contributed by atoms with E-state index >= 15 is 0 Å². The van der Waals surface area contributed by atoms with Gasteiger partial charge < -0.3 is 10.4 Å². The number of hydrogen-bond acceptors (Lipinski definition) is 5. The van der Waals surface area contributed by atoms with Crippen LogP contribution in [-0.4, -0.2) is 27.7 Å². The molecule has 2 rings (SSSR count). The zero-order chi connectivity index (χ0) is 9.97. The molecule has 0 saturated carbocycles. The molecular weight excluding hydrogens is 198 g/mol. The van der Waals surface area contributed by atoms with Crippen LogP contribution in [-0.2, 0) is 0 Å². The lowest BCUT2D eigenvalue weighted by atomic mass is 10.4. The van der Waals surface area contributed by atoms with Crippen molar-refractivity contribution in [1.82, 2.24) is 9.97 Å². The third-order valence-electron chi connectivity index (χ3n) is 1.85. The molecule has 2 aromatic heterocycles. The van der Waals surface area contributed by atoms with E-state index in [2.05, 4.69) is 15.3 Å². The van der Waals surface area contributed by atoms with Crippen molar-refractivity contribution >= 4 is 27.5 Å². The summed E-state index contributed by atoms with van der Waals surface area (Å²) < 4.78 is 1.08. The van der Waals surface area contributed by atoms with Crippen molar-refractivity contribution in [2.45, 2.75) is 13.0 Å². The summed E-state index contributed by atoms with van der Waals surface area (Å²) in [5.74, 6) is 0.567. The van der Waals surface area contributed by atoms with Crippen LogP contribution >= 0.6 is 11.3 Å². The number of nitrogens with one attached hydrogen (secondary N) is 1. The number of anilines is 1. The van der Waals surface area contributed by atoms with Gasteiger partial charge >= 0.3 is 0 Å². The van der Waals surface area contributed by atoms with Crippen LogP contribution in [0.1, 0.15) is 6.92 Å². The van der Waals surface area contributed by atoms with Crippen LogP contribution in [0, 0.1) is 0 Å². The van der Waals surface area contributed by atoms with E-state index in [9.17, 15) is 0 Å². The Morgan fingerprint density at radius 1 is 1.64 bits per heavy atom. The SMILES string of the molecule is C[C@@H](CO)Nc1ncc2sccc2n1. The molecule has 0 aliphatic heterocycles. The van der Waals surface area contributed by atoms with Gasteiger partial charge in [0.1, 0.15) is 0 Å². The second-order valence-electron chi connectivity index (χ2n) is 3.09. The maximum atomic E-state index is 8.85. The van der Waals surface area contributed by atoms with Crippen LogP contribution in [0.15, 0.2) is 17.6 Å². The normalized spacial score (nSPS) is 13.0. The largest absolute Gasteiger partial charge is 0.394 e. The van der Waals surface area contributed by atoms with Crippen molar-refractivity contribution in [2.75, 3.05) is 11.9 Å². The number of aliphatic hydroxyl groups excluding tert-OH is 1. The monoisotopic (exact) mass is 209 g/mol. The maximum absolute atomic E-state index is 8.85. The molecule has 4 nitrogen and oxygen atoms in total. The van der Waals surface area contributed by atoms with Gasteiger partial charge in [-0.2, -0.15) is 0 Å². The summed E-state index contributed by atoms with van der Waals surface area (Å²) in [5.41, 5.74) is 0.942. The number of aromatic nitrogens is 2. The van der Waals surface area contributed by atoms with Gasteiger partial charge in [-0.1, -0.05) is 0 Å². The van der Waals surface area contributed by atoms with E-state index in [0.29, 0.717) is 5.95 Å². The highest BCUT2D eigenvalue weighted by Gasteiger charge is 2.03. The predicted molar refractivity (Wildman–Crippen MR) is 57.6 cm³/mol. The van der Waals surface area contributed by atoms with Gasteiger partial charge in [0, 0.05) is 6.04 Å². The average molecular weight is 209 g/mol. The first-order valence-electron chi connectivity index (χ1n) is 4.37. The molecule has 1 atom stereocenters. The van der Waals surface area contributed by atoms with Crippen LogP contribution in [0.25, 0.3) is 10.2 Å². The Bertz CT molecular complexity index is 429. The van der Waals surface area contributed by atoms with Gasteiger partial charge in [-0.3, -0.25) is 0 Å². The lowest BCUT2D eigenvalue weighted by molar-refractivity contribution is 0.281. The average Bonchev–Trinajstić information content (AvgIpc) is 2.64. The number of aliphatic hydroxyl groups is 1. The molecule has 74 valence electrons. The number of rotatable bonds is 3. The first-order chi connectivity index (χ1) is 6.79. The summed E-state index contributed by atoms with van der Waals surface area (Å²) in [6, 6.07) is 1.93. The van der Waals surface area contributed by atoms with Crippen molar-refractivity contribution in [2.24, 2.45) is 0 Å². The van der Waals surface area contributed by atoms with Gasteiger partial charge in [0.15, 0.2) is 0 Å². The predicted octanol–water partition coefficient (Wildman–Crippen LogP) is 1.48. The maximum Gasteiger partial charge on any atom is 0.223 e. The highest BCUT2D eigenvalue weighted by atomic mass is 32.1. The first kappa shape index (κ1) is 9.36. The molecule has 0 radical (unpaired) electrons. The van der Waals surface area contributed by atoms with Crippen molar-refractivity contribution in [3.8, 4) is 0 Å². The third-order valence-corrected chi connectivity index (χ3v) is 2.69. The minimum atomic E-state index is -0.0221. The van der Waals surface area contributed by atoms with E-state index in [0.717, 1.165) is 10.2 Å². The lowest BCUT2D eigenvalue weighted by Gasteiger charge is -2.09. The zero-order valence-corrected chi connectivity index (χ0v) is 8.58. The zero-order valence-electron chi connectivity index (χ0n) is 7.77. The van der Waals surface area contributed by atoms with Crippen molar-refractivity contribution in [3.63, 3.8) is 0 Å². The van der Waals surface area contributed by atoms with Crippen molar-refractivity contribution in [1.29, 1.82) is 0 Å². The molecule has 0 bridgehead atoms. The molecule has 0 aromatic carbocycles. The molecule has 0 spiro atoms. The molecule has 2 N–H and O–H groups in total. The minimum absolute atomic E-state index is 0.0221. The smallest absolute Gasteiger partial charge is 0.223 e. The quantitative estimate of drug-likeness (QED) is 0.804. The molecule has 2 heterocycles.